The number of benzene rings is 1. The summed E-state index contributed by atoms with van der Waals surface area (Å²) in [6, 6.07) is 1.85. The molecule has 0 aliphatic heterocycles. The van der Waals surface area contributed by atoms with Gasteiger partial charge in [-0.3, -0.25) is 0 Å². The van der Waals surface area contributed by atoms with E-state index in [0.29, 0.717) is 6.54 Å². The van der Waals surface area contributed by atoms with Gasteiger partial charge in [0, 0.05) is 17.9 Å². The van der Waals surface area contributed by atoms with Crippen LogP contribution in [0, 0.1) is 11.6 Å². The van der Waals surface area contributed by atoms with Crippen molar-refractivity contribution >= 4 is 25.8 Å². The highest BCUT2D eigenvalue weighted by Gasteiger charge is 2.39. The molecule has 1 rings (SSSR count). The second-order valence-electron chi connectivity index (χ2n) is 5.51. The van der Waals surface area contributed by atoms with Crippen LogP contribution in [0.3, 0.4) is 0 Å². The number of halogens is 3. The van der Waals surface area contributed by atoms with Gasteiger partial charge in [-0.05, 0) is 54.9 Å². The van der Waals surface area contributed by atoms with E-state index in [1.807, 2.05) is 6.92 Å². The minimum Gasteiger partial charge on any atom is -0.312 e. The second kappa shape index (κ2) is 6.71. The Kier molecular flexibility index (Phi) is 5.91. The first-order valence-corrected chi connectivity index (χ1v) is 9.26. The molecule has 7 heteroatoms. The molecule has 1 atom stereocenters. The van der Waals surface area contributed by atoms with Crippen molar-refractivity contribution in [2.24, 2.45) is 0 Å². The summed E-state index contributed by atoms with van der Waals surface area (Å²) in [6.07, 6.45) is 1.08. The molecule has 0 aromatic heterocycles. The molecule has 1 aromatic rings. The molecule has 0 heterocycles. The minimum absolute atomic E-state index is 0.0506. The molecule has 1 unspecified atom stereocenters. The maximum absolute atomic E-state index is 14.1. The minimum atomic E-state index is -3.40. The Morgan fingerprint density at radius 2 is 1.90 bits per heavy atom. The van der Waals surface area contributed by atoms with Crippen molar-refractivity contribution in [3.05, 3.63) is 33.8 Å². The van der Waals surface area contributed by atoms with Gasteiger partial charge < -0.3 is 5.32 Å². The van der Waals surface area contributed by atoms with E-state index in [1.54, 1.807) is 13.8 Å². The van der Waals surface area contributed by atoms with Gasteiger partial charge in [0.05, 0.1) is 9.22 Å². The van der Waals surface area contributed by atoms with E-state index in [-0.39, 0.29) is 16.5 Å². The van der Waals surface area contributed by atoms with E-state index >= 15 is 0 Å². The number of hydrogen-bond donors (Lipinski definition) is 1. The molecule has 1 aromatic carbocycles. The van der Waals surface area contributed by atoms with Crippen molar-refractivity contribution in [2.45, 2.75) is 38.0 Å². The molecule has 21 heavy (non-hydrogen) atoms. The molecular weight excluding hydrogens is 364 g/mol. The molecule has 0 spiro atoms. The molecule has 120 valence electrons. The Hall–Kier alpha value is -0.530. The first-order chi connectivity index (χ1) is 9.52. The van der Waals surface area contributed by atoms with Gasteiger partial charge in [0.2, 0.25) is 0 Å². The Morgan fingerprint density at radius 3 is 2.38 bits per heavy atom. The Bertz CT molecular complexity index is 618. The van der Waals surface area contributed by atoms with Crippen molar-refractivity contribution in [1.82, 2.24) is 5.32 Å². The molecule has 0 fully saturated rings. The smallest absolute Gasteiger partial charge is 0.154 e. The molecule has 0 radical (unpaired) electrons. The zero-order chi connectivity index (χ0) is 16.4. The van der Waals surface area contributed by atoms with Crippen molar-refractivity contribution in [2.75, 3.05) is 12.8 Å². The van der Waals surface area contributed by atoms with E-state index in [9.17, 15) is 17.2 Å². The van der Waals surface area contributed by atoms with Crippen molar-refractivity contribution in [3.8, 4) is 0 Å². The van der Waals surface area contributed by atoms with Gasteiger partial charge in [0.25, 0.3) is 0 Å². The average molecular weight is 384 g/mol. The first kappa shape index (κ1) is 18.5. The number of sulfone groups is 1. The van der Waals surface area contributed by atoms with Crippen LogP contribution in [0.4, 0.5) is 8.78 Å². The summed E-state index contributed by atoms with van der Waals surface area (Å²) in [6.45, 7) is 5.44. The third-order valence-electron chi connectivity index (χ3n) is 3.79. The second-order valence-corrected chi connectivity index (χ2v) is 8.96. The summed E-state index contributed by atoms with van der Waals surface area (Å²) in [5.41, 5.74) is -0.118. The summed E-state index contributed by atoms with van der Waals surface area (Å²) >= 11 is 3.02. The SMILES string of the molecule is CCNC(Cc1c(F)ccc(Br)c1F)C(C)(C)S(C)(=O)=O. The molecule has 0 saturated carbocycles. The maximum Gasteiger partial charge on any atom is 0.154 e. The van der Waals surface area contributed by atoms with Crippen LogP contribution in [-0.4, -0.2) is 32.0 Å². The Labute approximate surface area is 133 Å². The maximum atomic E-state index is 14.1. The van der Waals surface area contributed by atoms with Gasteiger partial charge >= 0.3 is 0 Å². The monoisotopic (exact) mass is 383 g/mol. The summed E-state index contributed by atoms with van der Waals surface area (Å²) < 4.78 is 50.9. The zero-order valence-electron chi connectivity index (χ0n) is 12.5. The zero-order valence-corrected chi connectivity index (χ0v) is 14.9. The normalized spacial score (nSPS) is 14.2. The molecule has 0 aliphatic rings. The van der Waals surface area contributed by atoms with Gasteiger partial charge in [-0.2, -0.15) is 0 Å². The van der Waals surface area contributed by atoms with Crippen LogP contribution in [0.15, 0.2) is 16.6 Å². The fraction of sp³-hybridized carbons (Fsp3) is 0.571. The molecule has 0 amide bonds. The van der Waals surface area contributed by atoms with E-state index in [0.717, 1.165) is 6.26 Å². The van der Waals surface area contributed by atoms with Crippen LogP contribution in [0.5, 0.6) is 0 Å². The summed E-state index contributed by atoms with van der Waals surface area (Å²) in [5.74, 6) is -1.37. The number of nitrogens with one attached hydrogen (secondary N) is 1. The highest BCUT2D eigenvalue weighted by molar-refractivity contribution is 9.10. The van der Waals surface area contributed by atoms with E-state index in [2.05, 4.69) is 21.2 Å². The Morgan fingerprint density at radius 1 is 1.33 bits per heavy atom. The van der Waals surface area contributed by atoms with Crippen LogP contribution in [0.2, 0.25) is 0 Å². The van der Waals surface area contributed by atoms with Crippen LogP contribution >= 0.6 is 15.9 Å². The van der Waals surface area contributed by atoms with Gasteiger partial charge in [0.15, 0.2) is 9.84 Å². The molecule has 1 N–H and O–H groups in total. The van der Waals surface area contributed by atoms with Crippen LogP contribution in [0.1, 0.15) is 26.3 Å². The van der Waals surface area contributed by atoms with Gasteiger partial charge in [-0.25, -0.2) is 17.2 Å². The van der Waals surface area contributed by atoms with Crippen molar-refractivity contribution in [1.29, 1.82) is 0 Å². The average Bonchev–Trinajstić information content (AvgIpc) is 2.36. The third kappa shape index (κ3) is 4.02. The third-order valence-corrected chi connectivity index (χ3v) is 6.60. The first-order valence-electron chi connectivity index (χ1n) is 6.57. The lowest BCUT2D eigenvalue weighted by Crippen LogP contribution is -2.52. The van der Waals surface area contributed by atoms with Crippen LogP contribution in [0.25, 0.3) is 0 Å². The van der Waals surface area contributed by atoms with Gasteiger partial charge in [0.1, 0.15) is 11.6 Å². The standard InChI is InChI=1S/C14H20BrF2NO2S/c1-5-18-12(14(2,3)21(4,19)20)8-9-11(16)7-6-10(15)13(9)17/h6-7,12,18H,5,8H2,1-4H3. The Balaban J connectivity index is 3.25. The van der Waals surface area contributed by atoms with E-state index in [1.165, 1.54) is 12.1 Å². The predicted octanol–water partition coefficient (Wildman–Crippen LogP) is 3.07. The summed E-state index contributed by atoms with van der Waals surface area (Å²) in [7, 11) is -3.40. The fourth-order valence-electron chi connectivity index (χ4n) is 2.03. The number of rotatable bonds is 6. The lowest BCUT2D eigenvalue weighted by Gasteiger charge is -2.33. The van der Waals surface area contributed by atoms with Crippen LogP contribution in [-0.2, 0) is 16.3 Å². The highest BCUT2D eigenvalue weighted by Crippen LogP contribution is 2.28. The topological polar surface area (TPSA) is 46.2 Å². The lowest BCUT2D eigenvalue weighted by atomic mass is 9.95. The molecule has 3 nitrogen and oxygen atoms in total. The van der Waals surface area contributed by atoms with Crippen molar-refractivity contribution < 1.29 is 17.2 Å². The lowest BCUT2D eigenvalue weighted by molar-refractivity contribution is 0.401. The van der Waals surface area contributed by atoms with E-state index < -0.39 is 32.3 Å². The van der Waals surface area contributed by atoms with E-state index in [4.69, 9.17) is 0 Å². The molecule has 0 saturated heterocycles. The molecule has 0 aliphatic carbocycles. The number of hydrogen-bond acceptors (Lipinski definition) is 3. The molecule has 0 bridgehead atoms. The van der Waals surface area contributed by atoms with Crippen LogP contribution < -0.4 is 5.32 Å². The molecular formula is C14H20BrF2NO2S. The van der Waals surface area contributed by atoms with Crippen molar-refractivity contribution in [3.63, 3.8) is 0 Å². The van der Waals surface area contributed by atoms with Gasteiger partial charge in [-0.15, -0.1) is 0 Å². The fourth-order valence-corrected chi connectivity index (χ4v) is 3.08. The largest absolute Gasteiger partial charge is 0.312 e. The highest BCUT2D eigenvalue weighted by atomic mass is 79.9. The van der Waals surface area contributed by atoms with Gasteiger partial charge in [-0.1, -0.05) is 6.92 Å². The summed E-state index contributed by atoms with van der Waals surface area (Å²) in [4.78, 5) is 0. The quantitative estimate of drug-likeness (QED) is 0.767. The summed E-state index contributed by atoms with van der Waals surface area (Å²) in [5, 5.41) is 3.02. The number of likely N-dealkylation sites (N-methyl/N-ethyl adjacent to an activating group) is 1. The predicted molar refractivity (Wildman–Crippen MR) is 84.1 cm³/mol.